The van der Waals surface area contributed by atoms with Crippen molar-refractivity contribution in [2.75, 3.05) is 33.8 Å². The molecule has 0 spiro atoms. The van der Waals surface area contributed by atoms with Crippen LogP contribution in [0.4, 0.5) is 4.39 Å². The molecule has 2 aromatic heterocycles. The highest BCUT2D eigenvalue weighted by Crippen LogP contribution is 2.38. The summed E-state index contributed by atoms with van der Waals surface area (Å²) in [6.07, 6.45) is 0.153. The van der Waals surface area contributed by atoms with E-state index in [4.69, 9.17) is 4.74 Å². The van der Waals surface area contributed by atoms with Crippen LogP contribution in [0.25, 0.3) is 11.0 Å². The van der Waals surface area contributed by atoms with Crippen molar-refractivity contribution in [1.29, 1.82) is 0 Å². The summed E-state index contributed by atoms with van der Waals surface area (Å²) in [4.78, 5) is 19.6. The summed E-state index contributed by atoms with van der Waals surface area (Å²) in [6.45, 7) is 1.05. The van der Waals surface area contributed by atoms with Crippen LogP contribution in [-0.2, 0) is 13.0 Å². The third-order valence-electron chi connectivity index (χ3n) is 5.83. The van der Waals surface area contributed by atoms with Gasteiger partial charge in [-0.1, -0.05) is 12.1 Å². The van der Waals surface area contributed by atoms with Crippen LogP contribution < -0.4 is 15.6 Å². The first-order valence-corrected chi connectivity index (χ1v) is 10.7. The number of ether oxygens (including phenoxy) is 1. The Hall–Kier alpha value is -3.05. The fourth-order valence-corrected chi connectivity index (χ4v) is 4.18. The Balaban J connectivity index is 1.87. The van der Waals surface area contributed by atoms with Crippen LogP contribution >= 0.6 is 0 Å². The highest BCUT2D eigenvalue weighted by molar-refractivity contribution is 5.89. The Morgan fingerprint density at radius 1 is 1.36 bits per heavy atom. The summed E-state index contributed by atoms with van der Waals surface area (Å²) < 4.78 is 21.1. The number of aliphatic hydroxyl groups is 2. The maximum Gasteiger partial charge on any atom is 0.262 e. The molecular weight excluding hydrogens is 431 g/mol. The van der Waals surface area contributed by atoms with E-state index in [1.807, 2.05) is 11.9 Å². The van der Waals surface area contributed by atoms with E-state index in [0.717, 1.165) is 5.56 Å². The molecule has 1 aliphatic heterocycles. The number of likely N-dealkylation sites (N-methyl/N-ethyl adjacent to an activating group) is 1. The van der Waals surface area contributed by atoms with Gasteiger partial charge in [-0.2, -0.15) is 0 Å². The van der Waals surface area contributed by atoms with Gasteiger partial charge >= 0.3 is 0 Å². The van der Waals surface area contributed by atoms with Crippen molar-refractivity contribution >= 4 is 11.0 Å². The zero-order valence-electron chi connectivity index (χ0n) is 18.5. The number of hydrogen-bond acceptors (Lipinski definition) is 8. The van der Waals surface area contributed by atoms with Gasteiger partial charge in [-0.25, -0.2) is 4.39 Å². The van der Waals surface area contributed by atoms with Crippen LogP contribution in [0.15, 0.2) is 35.3 Å². The summed E-state index contributed by atoms with van der Waals surface area (Å²) in [5.41, 5.74) is 1.29. The summed E-state index contributed by atoms with van der Waals surface area (Å²) in [6, 6.07) is 6.07. The normalized spacial score (nSPS) is 16.2. The minimum absolute atomic E-state index is 0.0124. The van der Waals surface area contributed by atoms with Crippen molar-refractivity contribution in [2.45, 2.75) is 25.3 Å². The van der Waals surface area contributed by atoms with Crippen molar-refractivity contribution in [2.24, 2.45) is 0 Å². The van der Waals surface area contributed by atoms with E-state index >= 15 is 0 Å². The molecule has 0 saturated carbocycles. The molecule has 2 atom stereocenters. The van der Waals surface area contributed by atoms with Crippen LogP contribution in [0.1, 0.15) is 22.9 Å². The predicted molar refractivity (Wildman–Crippen MR) is 120 cm³/mol. The van der Waals surface area contributed by atoms with Gasteiger partial charge in [0.2, 0.25) is 0 Å². The summed E-state index contributed by atoms with van der Waals surface area (Å²) in [5, 5.41) is 32.9. The van der Waals surface area contributed by atoms with Gasteiger partial charge in [0.05, 0.1) is 13.2 Å². The lowest BCUT2D eigenvalue weighted by Gasteiger charge is -2.32. The number of nitrogens with one attached hydrogen (secondary N) is 1. The molecule has 4 N–H and O–H groups in total. The Morgan fingerprint density at radius 2 is 2.09 bits per heavy atom. The van der Waals surface area contributed by atoms with E-state index in [9.17, 15) is 24.5 Å². The average Bonchev–Trinajstić information content (AvgIpc) is 2.79. The highest BCUT2D eigenvalue weighted by Gasteiger charge is 2.31. The fourth-order valence-electron chi connectivity index (χ4n) is 4.18. The second kappa shape index (κ2) is 9.44. The van der Waals surface area contributed by atoms with E-state index in [-0.39, 0.29) is 30.0 Å². The molecule has 176 valence electrons. The van der Waals surface area contributed by atoms with Crippen LogP contribution in [0.3, 0.4) is 0 Å². The Kier molecular flexibility index (Phi) is 6.61. The number of rotatable bonds is 8. The van der Waals surface area contributed by atoms with Crippen molar-refractivity contribution in [3.05, 3.63) is 63.3 Å². The van der Waals surface area contributed by atoms with Gasteiger partial charge in [-0.05, 0) is 31.8 Å². The number of hydrogen-bond donors (Lipinski definition) is 4. The van der Waals surface area contributed by atoms with Gasteiger partial charge in [-0.15, -0.1) is 0 Å². The van der Waals surface area contributed by atoms with Gasteiger partial charge in [0.25, 0.3) is 5.56 Å². The molecule has 9 nitrogen and oxygen atoms in total. The van der Waals surface area contributed by atoms with Crippen molar-refractivity contribution in [3.8, 4) is 11.5 Å². The summed E-state index contributed by atoms with van der Waals surface area (Å²) in [7, 11) is 3.32. The maximum absolute atomic E-state index is 13.3. The van der Waals surface area contributed by atoms with E-state index in [0.29, 0.717) is 36.3 Å². The molecule has 0 aliphatic carbocycles. The minimum atomic E-state index is -1.37. The van der Waals surface area contributed by atoms with Crippen LogP contribution in [0, 0.1) is 5.82 Å². The Bertz CT molecular complexity index is 1210. The van der Waals surface area contributed by atoms with Crippen LogP contribution in [0.2, 0.25) is 0 Å². The standard InChI is InChI=1S/C23H27FN4O5/c1-25-22(31)17-20(30)18-19-21(14(10-26-18)9-13-3-5-15(24)6-4-13)33-16(11-27(2)7-8-29)12-28(19)23(17)32/h3-6,10,16,22,25,29-31H,7-9,11-12H2,1-2H3. The van der Waals surface area contributed by atoms with E-state index < -0.39 is 23.6 Å². The molecule has 0 amide bonds. The molecule has 10 heteroatoms. The number of nitrogens with zero attached hydrogens (tertiary/aromatic N) is 3. The molecule has 2 unspecified atom stereocenters. The minimum Gasteiger partial charge on any atom is -0.505 e. The zero-order chi connectivity index (χ0) is 23.7. The number of aromatic nitrogens is 2. The third kappa shape index (κ3) is 4.42. The topological polar surface area (TPSA) is 120 Å². The lowest BCUT2D eigenvalue weighted by molar-refractivity contribution is 0.109. The largest absolute Gasteiger partial charge is 0.505 e. The molecular formula is C23H27FN4O5. The molecule has 3 aromatic rings. The van der Waals surface area contributed by atoms with Crippen molar-refractivity contribution < 1.29 is 24.4 Å². The second-order valence-electron chi connectivity index (χ2n) is 8.21. The Labute approximate surface area is 189 Å². The van der Waals surface area contributed by atoms with Gasteiger partial charge < -0.3 is 25.0 Å². The first kappa shape index (κ1) is 23.1. The van der Waals surface area contributed by atoms with Crippen molar-refractivity contribution in [3.63, 3.8) is 0 Å². The highest BCUT2D eigenvalue weighted by atomic mass is 19.1. The van der Waals surface area contributed by atoms with Gasteiger partial charge in [-0.3, -0.25) is 19.7 Å². The lowest BCUT2D eigenvalue weighted by Crippen LogP contribution is -2.43. The molecule has 0 radical (unpaired) electrons. The first-order valence-electron chi connectivity index (χ1n) is 10.7. The Morgan fingerprint density at radius 3 is 2.76 bits per heavy atom. The zero-order valence-corrected chi connectivity index (χ0v) is 18.5. The van der Waals surface area contributed by atoms with Gasteiger partial charge in [0.1, 0.15) is 34.7 Å². The van der Waals surface area contributed by atoms with E-state index in [1.165, 1.54) is 23.7 Å². The van der Waals surface area contributed by atoms with Crippen LogP contribution in [0.5, 0.6) is 11.5 Å². The smallest absolute Gasteiger partial charge is 0.262 e. The van der Waals surface area contributed by atoms with Gasteiger partial charge in [0, 0.05) is 31.3 Å². The van der Waals surface area contributed by atoms with E-state index in [1.54, 1.807) is 18.3 Å². The SMILES string of the molecule is CNC(O)c1c(O)c2ncc(Cc3ccc(F)cc3)c3c2n(c1=O)CC(CN(C)CCO)O3. The van der Waals surface area contributed by atoms with E-state index in [2.05, 4.69) is 10.3 Å². The molecule has 0 fully saturated rings. The number of benzene rings is 1. The molecule has 4 rings (SSSR count). The summed E-state index contributed by atoms with van der Waals surface area (Å²) in [5.74, 6) is -0.327. The average molecular weight is 458 g/mol. The fraction of sp³-hybridized carbons (Fsp3) is 0.391. The molecule has 1 aliphatic rings. The van der Waals surface area contributed by atoms with Crippen LogP contribution in [-0.4, -0.2) is 69.7 Å². The molecule has 0 bridgehead atoms. The molecule has 0 saturated heterocycles. The number of aromatic hydroxyl groups is 1. The lowest BCUT2D eigenvalue weighted by atomic mass is 10.0. The number of aliphatic hydroxyl groups excluding tert-OH is 2. The first-order chi connectivity index (χ1) is 15.8. The quantitative estimate of drug-likeness (QED) is 0.365. The van der Waals surface area contributed by atoms with Crippen molar-refractivity contribution in [1.82, 2.24) is 19.8 Å². The molecule has 33 heavy (non-hydrogen) atoms. The maximum atomic E-state index is 13.3. The molecule has 1 aromatic carbocycles. The number of pyridine rings is 2. The monoisotopic (exact) mass is 458 g/mol. The molecule has 3 heterocycles. The third-order valence-corrected chi connectivity index (χ3v) is 5.83. The predicted octanol–water partition coefficient (Wildman–Crippen LogP) is 0.727. The second-order valence-corrected chi connectivity index (χ2v) is 8.21. The number of halogens is 1. The van der Waals surface area contributed by atoms with Gasteiger partial charge in [0.15, 0.2) is 11.5 Å². The summed E-state index contributed by atoms with van der Waals surface area (Å²) >= 11 is 0.